The van der Waals surface area contributed by atoms with E-state index in [1.165, 1.54) is 6.07 Å². The quantitative estimate of drug-likeness (QED) is 0.443. The molecule has 7 nitrogen and oxygen atoms in total. The molecule has 0 aromatic carbocycles. The van der Waals surface area contributed by atoms with Crippen LogP contribution in [0.5, 0.6) is 5.75 Å². The van der Waals surface area contributed by atoms with E-state index in [4.69, 9.17) is 9.47 Å². The van der Waals surface area contributed by atoms with Gasteiger partial charge in [-0.3, -0.25) is 0 Å². The number of carbonyl (C=O) groups is 1. The van der Waals surface area contributed by atoms with E-state index in [1.807, 2.05) is 0 Å². The highest BCUT2D eigenvalue weighted by atomic mass is 16.6. The van der Waals surface area contributed by atoms with Crippen LogP contribution in [0.4, 0.5) is 5.82 Å². The molecule has 1 fully saturated rings. The molecular formula is C10H10N2O5. The number of aromatic nitrogens is 1. The lowest BCUT2D eigenvalue weighted by molar-refractivity contribution is -0.390. The van der Waals surface area contributed by atoms with Crippen molar-refractivity contribution in [1.82, 2.24) is 4.98 Å². The van der Waals surface area contributed by atoms with Crippen molar-refractivity contribution in [2.75, 3.05) is 6.61 Å². The molecule has 0 aliphatic carbocycles. The van der Waals surface area contributed by atoms with Gasteiger partial charge in [0.05, 0.1) is 6.61 Å². The first-order valence-corrected chi connectivity index (χ1v) is 5.03. The van der Waals surface area contributed by atoms with E-state index in [0.29, 0.717) is 12.1 Å². The third kappa shape index (κ3) is 2.32. The third-order valence-electron chi connectivity index (χ3n) is 2.31. The number of cyclic esters (lactones) is 1. The van der Waals surface area contributed by atoms with Crippen molar-refractivity contribution in [2.45, 2.75) is 19.4 Å². The Balaban J connectivity index is 2.25. The predicted octanol–water partition coefficient (Wildman–Crippen LogP) is 0.993. The van der Waals surface area contributed by atoms with Crippen LogP contribution in [0.1, 0.15) is 12.1 Å². The first-order chi connectivity index (χ1) is 8.08. The molecule has 1 aliphatic rings. The van der Waals surface area contributed by atoms with Crippen molar-refractivity contribution < 1.29 is 19.2 Å². The van der Waals surface area contributed by atoms with Gasteiger partial charge in [0.2, 0.25) is 5.75 Å². The van der Waals surface area contributed by atoms with Crippen LogP contribution in [-0.4, -0.2) is 28.6 Å². The van der Waals surface area contributed by atoms with Gasteiger partial charge in [0.25, 0.3) is 0 Å². The molecule has 0 bridgehead atoms. The fourth-order valence-corrected chi connectivity index (χ4v) is 1.49. The number of esters is 1. The molecule has 0 N–H and O–H groups in total. The van der Waals surface area contributed by atoms with Crippen LogP contribution < -0.4 is 4.74 Å². The lowest BCUT2D eigenvalue weighted by Crippen LogP contribution is -2.22. The summed E-state index contributed by atoms with van der Waals surface area (Å²) in [5, 5.41) is 10.8. The molecule has 0 amide bonds. The number of nitro groups is 1. The molecule has 2 rings (SSSR count). The average Bonchev–Trinajstić information content (AvgIpc) is 2.67. The van der Waals surface area contributed by atoms with E-state index in [9.17, 15) is 14.9 Å². The van der Waals surface area contributed by atoms with Crippen LogP contribution in [-0.2, 0) is 9.53 Å². The Hall–Kier alpha value is -2.18. The monoisotopic (exact) mass is 238 g/mol. The van der Waals surface area contributed by atoms with Crippen LogP contribution in [0.3, 0.4) is 0 Å². The Labute approximate surface area is 96.5 Å². The van der Waals surface area contributed by atoms with Gasteiger partial charge in [-0.15, -0.1) is 0 Å². The normalized spacial score (nSPS) is 18.9. The van der Waals surface area contributed by atoms with E-state index >= 15 is 0 Å². The summed E-state index contributed by atoms with van der Waals surface area (Å²) in [6.07, 6.45) is -0.387. The van der Waals surface area contributed by atoms with Gasteiger partial charge in [-0.2, -0.15) is 0 Å². The van der Waals surface area contributed by atoms with Crippen molar-refractivity contribution in [3.05, 3.63) is 27.9 Å². The Morgan fingerprint density at radius 2 is 2.35 bits per heavy atom. The van der Waals surface area contributed by atoms with Crippen LogP contribution >= 0.6 is 0 Å². The van der Waals surface area contributed by atoms with Crippen LogP contribution in [0, 0.1) is 17.0 Å². The topological polar surface area (TPSA) is 91.6 Å². The molecule has 0 radical (unpaired) electrons. The minimum Gasteiger partial charge on any atom is -0.470 e. The predicted molar refractivity (Wildman–Crippen MR) is 55.6 cm³/mol. The summed E-state index contributed by atoms with van der Waals surface area (Å²) in [5.74, 6) is -0.894. The number of nitrogens with zero attached hydrogens (tertiary/aromatic N) is 2. The van der Waals surface area contributed by atoms with Gasteiger partial charge in [0.1, 0.15) is 5.69 Å². The average molecular weight is 238 g/mol. The van der Waals surface area contributed by atoms with E-state index in [-0.39, 0.29) is 18.2 Å². The zero-order valence-corrected chi connectivity index (χ0v) is 9.08. The molecule has 1 aromatic heterocycles. The van der Waals surface area contributed by atoms with Crippen LogP contribution in [0.15, 0.2) is 12.1 Å². The second-order valence-corrected chi connectivity index (χ2v) is 3.59. The second-order valence-electron chi connectivity index (χ2n) is 3.59. The maximum Gasteiger partial charge on any atom is 0.406 e. The molecule has 90 valence electrons. The lowest BCUT2D eigenvalue weighted by atomic mass is 10.3. The number of hydrogen-bond donors (Lipinski definition) is 0. The molecule has 0 spiro atoms. The van der Waals surface area contributed by atoms with Crippen molar-refractivity contribution in [2.24, 2.45) is 0 Å². The summed E-state index contributed by atoms with van der Waals surface area (Å²) in [7, 11) is 0. The summed E-state index contributed by atoms with van der Waals surface area (Å²) in [6.45, 7) is 1.91. The van der Waals surface area contributed by atoms with Crippen molar-refractivity contribution in [3.63, 3.8) is 0 Å². The zero-order chi connectivity index (χ0) is 12.4. The summed E-state index contributed by atoms with van der Waals surface area (Å²) < 4.78 is 9.96. The minimum absolute atomic E-state index is 0.00977. The molecule has 0 unspecified atom stereocenters. The molecule has 1 aliphatic heterocycles. The second kappa shape index (κ2) is 4.36. The smallest absolute Gasteiger partial charge is 0.406 e. The maximum atomic E-state index is 11.2. The first kappa shape index (κ1) is 11.3. The summed E-state index contributed by atoms with van der Waals surface area (Å²) >= 11 is 0. The molecule has 1 atom stereocenters. The number of ether oxygens (including phenoxy) is 2. The molecular weight excluding hydrogens is 228 g/mol. The van der Waals surface area contributed by atoms with Crippen LogP contribution in [0.2, 0.25) is 0 Å². The number of rotatable bonds is 3. The fraction of sp³-hybridized carbons (Fsp3) is 0.400. The molecule has 7 heteroatoms. The van der Waals surface area contributed by atoms with Gasteiger partial charge in [-0.05, 0) is 22.0 Å². The number of hydrogen-bond acceptors (Lipinski definition) is 6. The van der Waals surface area contributed by atoms with Crippen molar-refractivity contribution in [3.8, 4) is 5.75 Å². The summed E-state index contributed by atoms with van der Waals surface area (Å²) in [5.41, 5.74) is 0.512. The zero-order valence-electron chi connectivity index (χ0n) is 9.08. The Kier molecular flexibility index (Phi) is 2.90. The van der Waals surface area contributed by atoms with Crippen molar-refractivity contribution >= 4 is 11.8 Å². The number of aryl methyl sites for hydroxylation is 1. The Bertz CT molecular complexity index is 474. The Morgan fingerprint density at radius 3 is 2.94 bits per heavy atom. The minimum atomic E-state index is -0.779. The molecule has 2 heterocycles. The molecule has 17 heavy (non-hydrogen) atoms. The first-order valence-electron chi connectivity index (χ1n) is 5.03. The number of pyridine rings is 1. The SMILES string of the molecule is Cc1ccc(O[C@H]2CCOC2=O)c([N+](=O)[O-])n1. The summed E-state index contributed by atoms with van der Waals surface area (Å²) in [4.78, 5) is 25.1. The van der Waals surface area contributed by atoms with Crippen LogP contribution in [0.25, 0.3) is 0 Å². The van der Waals surface area contributed by atoms with Gasteiger partial charge in [-0.25, -0.2) is 4.79 Å². The van der Waals surface area contributed by atoms with E-state index < -0.39 is 17.0 Å². The maximum absolute atomic E-state index is 11.2. The van der Waals surface area contributed by atoms with Gasteiger partial charge in [0, 0.05) is 13.3 Å². The highest BCUT2D eigenvalue weighted by molar-refractivity contribution is 5.77. The van der Waals surface area contributed by atoms with Gasteiger partial charge in [-0.1, -0.05) is 0 Å². The third-order valence-corrected chi connectivity index (χ3v) is 2.31. The molecule has 1 saturated heterocycles. The Morgan fingerprint density at radius 1 is 1.59 bits per heavy atom. The van der Waals surface area contributed by atoms with E-state index in [0.717, 1.165) is 0 Å². The highest BCUT2D eigenvalue weighted by Gasteiger charge is 2.31. The summed E-state index contributed by atoms with van der Waals surface area (Å²) in [6, 6.07) is 3.02. The highest BCUT2D eigenvalue weighted by Crippen LogP contribution is 2.27. The van der Waals surface area contributed by atoms with Gasteiger partial charge >= 0.3 is 11.8 Å². The van der Waals surface area contributed by atoms with E-state index in [2.05, 4.69) is 4.98 Å². The van der Waals surface area contributed by atoms with Gasteiger partial charge < -0.3 is 19.6 Å². The van der Waals surface area contributed by atoms with E-state index in [1.54, 1.807) is 13.0 Å². The largest absolute Gasteiger partial charge is 0.470 e. The molecule has 0 saturated carbocycles. The standard InChI is InChI=1S/C10H10N2O5/c1-6-2-3-7(9(11-6)12(14)15)17-8-4-5-16-10(8)13/h2-3,8H,4-5H2,1H3/t8-/m0/s1. The fourth-order valence-electron chi connectivity index (χ4n) is 1.49. The number of carbonyl (C=O) groups excluding carboxylic acids is 1. The lowest BCUT2D eigenvalue weighted by Gasteiger charge is -2.09. The molecule has 1 aromatic rings. The van der Waals surface area contributed by atoms with Gasteiger partial charge in [0.15, 0.2) is 6.10 Å². The van der Waals surface area contributed by atoms with Crippen molar-refractivity contribution in [1.29, 1.82) is 0 Å².